The van der Waals surface area contributed by atoms with Gasteiger partial charge in [-0.3, -0.25) is 0 Å². The molecule has 1 fully saturated rings. The number of pyridine rings is 1. The summed E-state index contributed by atoms with van der Waals surface area (Å²) in [4.78, 5) is 11.5. The Kier molecular flexibility index (Phi) is 3.18. The van der Waals surface area contributed by atoms with Crippen molar-refractivity contribution in [3.05, 3.63) is 35.7 Å². The summed E-state index contributed by atoms with van der Waals surface area (Å²) in [7, 11) is 1.37. The molecule has 6 heteroatoms. The lowest BCUT2D eigenvalue weighted by molar-refractivity contribution is -0.00579. The molecule has 0 saturated carbocycles. The molecule has 0 unspecified atom stereocenters. The molecule has 19 heavy (non-hydrogen) atoms. The predicted molar refractivity (Wildman–Crippen MR) is 68.0 cm³/mol. The van der Waals surface area contributed by atoms with Crippen molar-refractivity contribution in [3.8, 4) is 0 Å². The second-order valence-electron chi connectivity index (χ2n) is 4.53. The molecular formula is C13H15N3O3. The molecule has 100 valence electrons. The van der Waals surface area contributed by atoms with E-state index < -0.39 is 0 Å². The molecule has 1 aliphatic heterocycles. The minimum Gasteiger partial charge on any atom is -0.465 e. The van der Waals surface area contributed by atoms with Crippen molar-refractivity contribution in [2.24, 2.45) is 0 Å². The van der Waals surface area contributed by atoms with E-state index in [1.165, 1.54) is 13.3 Å². The van der Waals surface area contributed by atoms with Crippen molar-refractivity contribution in [2.45, 2.75) is 12.6 Å². The van der Waals surface area contributed by atoms with Crippen LogP contribution in [0.3, 0.4) is 0 Å². The van der Waals surface area contributed by atoms with E-state index in [1.54, 1.807) is 4.52 Å². The van der Waals surface area contributed by atoms with E-state index in [0.29, 0.717) is 11.6 Å². The molecule has 0 spiro atoms. The van der Waals surface area contributed by atoms with Crippen LogP contribution in [0, 0.1) is 0 Å². The lowest BCUT2D eigenvalue weighted by Gasteiger charge is -2.26. The van der Waals surface area contributed by atoms with Crippen LogP contribution in [0.15, 0.2) is 24.5 Å². The summed E-state index contributed by atoms with van der Waals surface area (Å²) in [5.74, 6) is -0.368. The number of hydrogen-bond acceptors (Lipinski definition) is 5. The summed E-state index contributed by atoms with van der Waals surface area (Å²) >= 11 is 0. The van der Waals surface area contributed by atoms with Crippen molar-refractivity contribution >= 4 is 11.5 Å². The van der Waals surface area contributed by atoms with E-state index in [4.69, 9.17) is 9.47 Å². The van der Waals surface area contributed by atoms with Gasteiger partial charge >= 0.3 is 5.97 Å². The number of methoxy groups -OCH3 is 1. The summed E-state index contributed by atoms with van der Waals surface area (Å²) < 4.78 is 11.5. The Morgan fingerprint density at radius 3 is 3.11 bits per heavy atom. The van der Waals surface area contributed by atoms with Crippen LogP contribution in [-0.4, -0.2) is 41.9 Å². The van der Waals surface area contributed by atoms with E-state index in [1.807, 2.05) is 18.3 Å². The number of fused-ring (bicyclic) bond motifs is 1. The van der Waals surface area contributed by atoms with Gasteiger partial charge in [0.1, 0.15) is 5.56 Å². The average molecular weight is 261 g/mol. The number of nitrogens with zero attached hydrogens (tertiary/aromatic N) is 2. The van der Waals surface area contributed by atoms with Gasteiger partial charge in [0.05, 0.1) is 38.1 Å². The van der Waals surface area contributed by atoms with E-state index >= 15 is 0 Å². The van der Waals surface area contributed by atoms with Gasteiger partial charge in [-0.05, 0) is 11.6 Å². The zero-order valence-electron chi connectivity index (χ0n) is 10.6. The third-order valence-corrected chi connectivity index (χ3v) is 3.22. The van der Waals surface area contributed by atoms with Crippen LogP contribution < -0.4 is 5.32 Å². The highest BCUT2D eigenvalue weighted by Gasteiger charge is 2.17. The van der Waals surface area contributed by atoms with Crippen LogP contribution in [0.25, 0.3) is 5.52 Å². The third kappa shape index (κ3) is 2.32. The number of hydrogen-bond donors (Lipinski definition) is 1. The average Bonchev–Trinajstić information content (AvgIpc) is 2.79. The van der Waals surface area contributed by atoms with Gasteiger partial charge in [-0.2, -0.15) is 5.10 Å². The number of aromatic nitrogens is 2. The Hall–Kier alpha value is -1.92. The lowest BCUT2D eigenvalue weighted by atomic mass is 10.2. The summed E-state index contributed by atoms with van der Waals surface area (Å²) in [5.41, 5.74) is 2.34. The molecular weight excluding hydrogens is 246 g/mol. The van der Waals surface area contributed by atoms with E-state index in [-0.39, 0.29) is 5.97 Å². The molecule has 3 heterocycles. The van der Waals surface area contributed by atoms with Crippen LogP contribution in [0.1, 0.15) is 15.9 Å². The fourth-order valence-electron chi connectivity index (χ4n) is 2.01. The summed E-state index contributed by atoms with van der Waals surface area (Å²) in [6.07, 6.45) is 3.44. The van der Waals surface area contributed by atoms with Crippen molar-refractivity contribution < 1.29 is 14.3 Å². The largest absolute Gasteiger partial charge is 0.465 e. The van der Waals surface area contributed by atoms with Crippen molar-refractivity contribution in [3.63, 3.8) is 0 Å². The van der Waals surface area contributed by atoms with Gasteiger partial charge in [0, 0.05) is 12.7 Å². The summed E-state index contributed by atoms with van der Waals surface area (Å²) in [5, 5.41) is 7.56. The number of nitrogens with one attached hydrogen (secondary N) is 1. The highest BCUT2D eigenvalue weighted by molar-refractivity contribution is 5.96. The molecule has 0 atom stereocenters. The summed E-state index contributed by atoms with van der Waals surface area (Å²) in [6, 6.07) is 4.31. The van der Waals surface area contributed by atoms with Crippen molar-refractivity contribution in [2.75, 3.05) is 20.3 Å². The van der Waals surface area contributed by atoms with Gasteiger partial charge in [0.25, 0.3) is 0 Å². The highest BCUT2D eigenvalue weighted by atomic mass is 16.5. The molecule has 2 aromatic heterocycles. The molecule has 0 amide bonds. The first-order valence-electron chi connectivity index (χ1n) is 6.13. The number of ether oxygens (including phenoxy) is 2. The van der Waals surface area contributed by atoms with Gasteiger partial charge in [-0.15, -0.1) is 0 Å². The SMILES string of the molecule is COC(=O)c1cnn2cc(CNC3COC3)ccc12. The molecule has 0 aromatic carbocycles. The van der Waals surface area contributed by atoms with Gasteiger partial charge in [0.2, 0.25) is 0 Å². The maximum Gasteiger partial charge on any atom is 0.341 e. The maximum absolute atomic E-state index is 11.5. The first kappa shape index (κ1) is 12.1. The van der Waals surface area contributed by atoms with E-state index in [0.717, 1.165) is 30.8 Å². The molecule has 0 aliphatic carbocycles. The Morgan fingerprint density at radius 1 is 1.58 bits per heavy atom. The zero-order valence-corrected chi connectivity index (χ0v) is 10.6. The Bertz CT molecular complexity index is 604. The second kappa shape index (κ2) is 4.99. The first-order valence-corrected chi connectivity index (χ1v) is 6.13. The van der Waals surface area contributed by atoms with Gasteiger partial charge in [-0.1, -0.05) is 6.07 Å². The normalized spacial score (nSPS) is 15.4. The van der Waals surface area contributed by atoms with Gasteiger partial charge in [-0.25, -0.2) is 9.31 Å². The molecule has 2 aromatic rings. The number of rotatable bonds is 4. The highest BCUT2D eigenvalue weighted by Crippen LogP contribution is 2.13. The second-order valence-corrected chi connectivity index (χ2v) is 4.53. The molecule has 0 radical (unpaired) electrons. The Labute approximate surface area is 110 Å². The van der Waals surface area contributed by atoms with E-state index in [9.17, 15) is 4.79 Å². The van der Waals surface area contributed by atoms with E-state index in [2.05, 4.69) is 10.4 Å². The van der Waals surface area contributed by atoms with Gasteiger partial charge < -0.3 is 14.8 Å². The van der Waals surface area contributed by atoms with Crippen LogP contribution in [0.5, 0.6) is 0 Å². The number of esters is 1. The first-order chi connectivity index (χ1) is 9.28. The van der Waals surface area contributed by atoms with Crippen LogP contribution >= 0.6 is 0 Å². The lowest BCUT2D eigenvalue weighted by Crippen LogP contribution is -2.45. The Balaban J connectivity index is 1.79. The molecule has 6 nitrogen and oxygen atoms in total. The molecule has 1 saturated heterocycles. The minimum atomic E-state index is -0.368. The standard InChI is InChI=1S/C13H15N3O3/c1-18-13(17)11-5-15-16-6-9(2-3-12(11)16)4-14-10-7-19-8-10/h2-3,5-6,10,14H,4,7-8H2,1H3. The van der Waals surface area contributed by atoms with Crippen molar-refractivity contribution in [1.82, 2.24) is 14.9 Å². The maximum atomic E-state index is 11.5. The number of carbonyl (C=O) groups excluding carboxylic acids is 1. The molecule has 1 aliphatic rings. The Morgan fingerprint density at radius 2 is 2.42 bits per heavy atom. The van der Waals surface area contributed by atoms with Crippen LogP contribution in [-0.2, 0) is 16.0 Å². The topological polar surface area (TPSA) is 64.9 Å². The fraction of sp³-hybridized carbons (Fsp3) is 0.385. The molecule has 0 bridgehead atoms. The zero-order chi connectivity index (χ0) is 13.2. The third-order valence-electron chi connectivity index (χ3n) is 3.22. The molecule has 3 rings (SSSR count). The fourth-order valence-corrected chi connectivity index (χ4v) is 2.01. The smallest absolute Gasteiger partial charge is 0.341 e. The minimum absolute atomic E-state index is 0.368. The monoisotopic (exact) mass is 261 g/mol. The van der Waals surface area contributed by atoms with Crippen LogP contribution in [0.4, 0.5) is 0 Å². The quantitative estimate of drug-likeness (QED) is 0.817. The van der Waals surface area contributed by atoms with Gasteiger partial charge in [0.15, 0.2) is 0 Å². The number of carbonyl (C=O) groups is 1. The predicted octanol–water partition coefficient (Wildman–Crippen LogP) is 0.609. The molecule has 1 N–H and O–H groups in total. The summed E-state index contributed by atoms with van der Waals surface area (Å²) in [6.45, 7) is 2.31. The van der Waals surface area contributed by atoms with Crippen LogP contribution in [0.2, 0.25) is 0 Å². The van der Waals surface area contributed by atoms with Crippen molar-refractivity contribution in [1.29, 1.82) is 0 Å².